The Balaban J connectivity index is 2.43. The van der Waals surface area contributed by atoms with Crippen LogP contribution in [0.15, 0.2) is 12.1 Å². The third-order valence-electron chi connectivity index (χ3n) is 3.81. The van der Waals surface area contributed by atoms with Crippen LogP contribution >= 0.6 is 0 Å². The number of rotatable bonds is 3. The summed E-state index contributed by atoms with van der Waals surface area (Å²) in [4.78, 5) is 15.6. The molecule has 104 valence electrons. The number of β-amino-alcohol motifs (C(OH)–C–C–N with tert-alkyl or cyclic N) is 1. The van der Waals surface area contributed by atoms with Crippen LogP contribution in [0.5, 0.6) is 0 Å². The first kappa shape index (κ1) is 13.9. The van der Waals surface area contributed by atoms with Gasteiger partial charge in [0.1, 0.15) is 0 Å². The minimum atomic E-state index is -0.00146. The topological polar surface area (TPSA) is 43.8 Å². The molecule has 1 aliphatic rings. The number of hydrogen-bond acceptors (Lipinski definition) is 2. The summed E-state index contributed by atoms with van der Waals surface area (Å²) in [6.45, 7) is 7.34. The Bertz CT molecular complexity index is 476. The highest BCUT2D eigenvalue weighted by molar-refractivity contribution is 5.77. The predicted octanol–water partition coefficient (Wildman–Crippen LogP) is 2.01. The zero-order valence-electron chi connectivity index (χ0n) is 12.1. The minimum Gasteiger partial charge on any atom is -0.395 e. The maximum Gasteiger partial charge on any atom is 0.320 e. The highest BCUT2D eigenvalue weighted by Gasteiger charge is 2.36. The van der Waals surface area contributed by atoms with Gasteiger partial charge in [0.05, 0.1) is 12.6 Å². The molecule has 1 heterocycles. The second-order valence-corrected chi connectivity index (χ2v) is 5.41. The number of nitrogens with zero attached hydrogens (tertiary/aromatic N) is 2. The Morgan fingerprint density at radius 2 is 1.84 bits per heavy atom. The Kier molecular flexibility index (Phi) is 3.80. The molecule has 1 atom stereocenters. The number of urea groups is 1. The largest absolute Gasteiger partial charge is 0.395 e. The molecule has 0 spiro atoms. The SMILES string of the molecule is Cc1cc(C)c(C2CN(C)C(=O)N2CCO)c(C)c1. The van der Waals surface area contributed by atoms with Crippen LogP contribution in [0.4, 0.5) is 4.79 Å². The monoisotopic (exact) mass is 262 g/mol. The van der Waals surface area contributed by atoms with Crippen LogP contribution in [0, 0.1) is 20.8 Å². The number of hydrogen-bond donors (Lipinski definition) is 1. The molecule has 2 amide bonds. The summed E-state index contributed by atoms with van der Waals surface area (Å²) in [7, 11) is 1.81. The molecule has 4 heteroatoms. The lowest BCUT2D eigenvalue weighted by molar-refractivity contribution is 0.171. The molecule has 1 saturated heterocycles. The van der Waals surface area contributed by atoms with Crippen molar-refractivity contribution >= 4 is 6.03 Å². The summed E-state index contributed by atoms with van der Waals surface area (Å²) in [5.41, 5.74) is 4.89. The normalized spacial score (nSPS) is 19.4. The average Bonchev–Trinajstić information content (AvgIpc) is 2.57. The molecule has 1 aromatic carbocycles. The Hall–Kier alpha value is -1.55. The number of aliphatic hydroxyl groups excluding tert-OH is 1. The van der Waals surface area contributed by atoms with E-state index in [1.54, 1.807) is 9.80 Å². The summed E-state index contributed by atoms with van der Waals surface area (Å²) >= 11 is 0. The molecule has 0 aromatic heterocycles. The van der Waals surface area contributed by atoms with Crippen LogP contribution in [0.25, 0.3) is 0 Å². The van der Waals surface area contributed by atoms with E-state index in [0.29, 0.717) is 13.1 Å². The smallest absolute Gasteiger partial charge is 0.320 e. The third-order valence-corrected chi connectivity index (χ3v) is 3.81. The van der Waals surface area contributed by atoms with E-state index < -0.39 is 0 Å². The van der Waals surface area contributed by atoms with Crippen molar-refractivity contribution in [1.82, 2.24) is 9.80 Å². The number of benzene rings is 1. The van der Waals surface area contributed by atoms with Crippen LogP contribution in [-0.4, -0.2) is 47.7 Å². The van der Waals surface area contributed by atoms with Crippen LogP contribution in [0.1, 0.15) is 28.3 Å². The van der Waals surface area contributed by atoms with Gasteiger partial charge < -0.3 is 14.9 Å². The van der Waals surface area contributed by atoms with E-state index in [1.165, 1.54) is 22.3 Å². The molecule has 0 bridgehead atoms. The number of aryl methyl sites for hydroxylation is 3. The highest BCUT2D eigenvalue weighted by Crippen LogP contribution is 2.33. The van der Waals surface area contributed by atoms with E-state index in [4.69, 9.17) is 5.11 Å². The fourth-order valence-electron chi connectivity index (χ4n) is 3.11. The van der Waals surface area contributed by atoms with Crippen LogP contribution in [0.3, 0.4) is 0 Å². The zero-order valence-corrected chi connectivity index (χ0v) is 12.1. The molecule has 4 nitrogen and oxygen atoms in total. The van der Waals surface area contributed by atoms with E-state index in [0.717, 1.165) is 0 Å². The molecular formula is C15H22N2O2. The number of carbonyl (C=O) groups is 1. The van der Waals surface area contributed by atoms with E-state index in [-0.39, 0.29) is 18.7 Å². The lowest BCUT2D eigenvalue weighted by Gasteiger charge is -2.25. The highest BCUT2D eigenvalue weighted by atomic mass is 16.3. The van der Waals surface area contributed by atoms with Gasteiger partial charge in [0.2, 0.25) is 0 Å². The molecule has 2 rings (SSSR count). The van der Waals surface area contributed by atoms with Gasteiger partial charge in [-0.25, -0.2) is 4.79 Å². The standard InChI is InChI=1S/C15H22N2O2/c1-10-7-11(2)14(12(3)8-10)13-9-16(4)15(19)17(13)5-6-18/h7-8,13,18H,5-6,9H2,1-4H3. The Labute approximate surface area is 114 Å². The molecule has 0 radical (unpaired) electrons. The van der Waals surface area contributed by atoms with E-state index in [1.807, 2.05) is 7.05 Å². The molecule has 1 unspecified atom stereocenters. The van der Waals surface area contributed by atoms with Gasteiger partial charge in [0.25, 0.3) is 0 Å². The van der Waals surface area contributed by atoms with Gasteiger partial charge in [0.15, 0.2) is 0 Å². The van der Waals surface area contributed by atoms with Gasteiger partial charge in [0, 0.05) is 20.1 Å². The summed E-state index contributed by atoms with van der Waals surface area (Å²) in [6.07, 6.45) is 0. The lowest BCUT2D eigenvalue weighted by Crippen LogP contribution is -2.33. The second kappa shape index (κ2) is 5.21. The van der Waals surface area contributed by atoms with Crippen molar-refractivity contribution in [3.05, 3.63) is 34.4 Å². The Morgan fingerprint density at radius 1 is 1.26 bits per heavy atom. The van der Waals surface area contributed by atoms with Crippen molar-refractivity contribution in [3.8, 4) is 0 Å². The summed E-state index contributed by atoms with van der Waals surface area (Å²) in [6, 6.07) is 4.36. The summed E-state index contributed by atoms with van der Waals surface area (Å²) < 4.78 is 0. The molecule has 19 heavy (non-hydrogen) atoms. The lowest BCUT2D eigenvalue weighted by atomic mass is 9.93. The van der Waals surface area contributed by atoms with Crippen molar-refractivity contribution in [1.29, 1.82) is 0 Å². The first-order chi connectivity index (χ1) is 8.95. The van der Waals surface area contributed by atoms with Gasteiger partial charge in [-0.2, -0.15) is 0 Å². The van der Waals surface area contributed by atoms with Crippen molar-refractivity contribution in [2.24, 2.45) is 0 Å². The van der Waals surface area contributed by atoms with Crippen molar-refractivity contribution in [2.45, 2.75) is 26.8 Å². The quantitative estimate of drug-likeness (QED) is 0.905. The van der Waals surface area contributed by atoms with E-state index >= 15 is 0 Å². The van der Waals surface area contributed by atoms with Gasteiger partial charge in [-0.1, -0.05) is 17.7 Å². The summed E-state index contributed by atoms with van der Waals surface area (Å²) in [5, 5.41) is 9.17. The molecule has 0 saturated carbocycles. The first-order valence-electron chi connectivity index (χ1n) is 6.66. The van der Waals surface area contributed by atoms with Crippen molar-refractivity contribution in [3.63, 3.8) is 0 Å². The maximum absolute atomic E-state index is 12.1. The Morgan fingerprint density at radius 3 is 2.37 bits per heavy atom. The number of amides is 2. The summed E-state index contributed by atoms with van der Waals surface area (Å²) in [5.74, 6) is 0. The van der Waals surface area contributed by atoms with E-state index in [9.17, 15) is 4.79 Å². The number of carbonyl (C=O) groups excluding carboxylic acids is 1. The van der Waals surface area contributed by atoms with Gasteiger partial charge >= 0.3 is 6.03 Å². The van der Waals surface area contributed by atoms with Crippen LogP contribution in [0.2, 0.25) is 0 Å². The van der Waals surface area contributed by atoms with E-state index in [2.05, 4.69) is 32.9 Å². The third kappa shape index (κ3) is 2.45. The fraction of sp³-hybridized carbons (Fsp3) is 0.533. The van der Waals surface area contributed by atoms with Crippen LogP contribution in [-0.2, 0) is 0 Å². The zero-order chi connectivity index (χ0) is 14.2. The number of aliphatic hydroxyl groups is 1. The minimum absolute atomic E-state index is 0.0000363. The molecular weight excluding hydrogens is 240 g/mol. The number of likely N-dealkylation sites (N-methyl/N-ethyl adjacent to an activating group) is 1. The average molecular weight is 262 g/mol. The fourth-order valence-corrected chi connectivity index (χ4v) is 3.11. The molecule has 0 aliphatic carbocycles. The van der Waals surface area contributed by atoms with Gasteiger partial charge in [-0.05, 0) is 37.5 Å². The molecule has 1 N–H and O–H groups in total. The van der Waals surface area contributed by atoms with Gasteiger partial charge in [-0.3, -0.25) is 0 Å². The molecule has 1 fully saturated rings. The molecule has 1 aromatic rings. The second-order valence-electron chi connectivity index (χ2n) is 5.41. The van der Waals surface area contributed by atoms with Gasteiger partial charge in [-0.15, -0.1) is 0 Å². The molecule has 1 aliphatic heterocycles. The maximum atomic E-state index is 12.1. The van der Waals surface area contributed by atoms with Crippen molar-refractivity contribution < 1.29 is 9.90 Å². The first-order valence-corrected chi connectivity index (χ1v) is 6.66. The van der Waals surface area contributed by atoms with Crippen molar-refractivity contribution in [2.75, 3.05) is 26.7 Å². The van der Waals surface area contributed by atoms with Crippen LogP contribution < -0.4 is 0 Å². The predicted molar refractivity (Wildman–Crippen MR) is 75.2 cm³/mol.